The van der Waals surface area contributed by atoms with Crippen LogP contribution in [0.15, 0.2) is 0 Å². The highest BCUT2D eigenvalue weighted by atomic mass is 32.1. The van der Waals surface area contributed by atoms with Crippen molar-refractivity contribution in [2.75, 3.05) is 52.0 Å². The molecule has 2 aliphatic rings. The summed E-state index contributed by atoms with van der Waals surface area (Å²) in [6, 6.07) is 0. The average Bonchev–Trinajstić information content (AvgIpc) is 2.79. The summed E-state index contributed by atoms with van der Waals surface area (Å²) < 4.78 is 32.1. The third-order valence-corrected chi connectivity index (χ3v) is 5.26. The van der Waals surface area contributed by atoms with Gasteiger partial charge in [-0.2, -0.15) is 12.6 Å². The number of ether oxygens (including phenoxy) is 6. The maximum atomic E-state index is 10.5. The highest BCUT2D eigenvalue weighted by molar-refractivity contribution is 7.80. The molecule has 190 valence electrons. The van der Waals surface area contributed by atoms with E-state index in [4.69, 9.17) is 28.4 Å². The number of hydrogen-bond acceptors (Lipinski definition) is 14. The van der Waals surface area contributed by atoms with Crippen LogP contribution in [0.5, 0.6) is 0 Å². The first-order valence-electron chi connectivity index (χ1n) is 10.3. The molecule has 2 rings (SSSR count). The van der Waals surface area contributed by atoms with Gasteiger partial charge in [0, 0.05) is 5.75 Å². The topological polar surface area (TPSA) is 197 Å². The van der Waals surface area contributed by atoms with Gasteiger partial charge in [-0.05, 0) is 0 Å². The number of aliphatic hydroxyl groups excluding tert-OH is 7. The standard InChI is InChI=1S/C18H34O13S/c19-7-9-11(21)12(22)14(24)18(29-9)31-16-10(8-20)30-17(15(25)13(16)23)28-4-3-26-1-2-27-5-6-32/h9-25,32H,1-8H2/t9-,10-,11-,12+,13-,14-,15-,16-,17-,18-/m1/s1. The van der Waals surface area contributed by atoms with E-state index in [0.29, 0.717) is 25.6 Å². The Labute approximate surface area is 190 Å². The molecular weight excluding hydrogens is 456 g/mol. The van der Waals surface area contributed by atoms with E-state index >= 15 is 0 Å². The lowest BCUT2D eigenvalue weighted by molar-refractivity contribution is -0.359. The molecule has 0 radical (unpaired) electrons. The molecular formula is C18H34O13S. The van der Waals surface area contributed by atoms with Crippen LogP contribution in [-0.4, -0.2) is 149 Å². The first-order valence-corrected chi connectivity index (χ1v) is 10.9. The van der Waals surface area contributed by atoms with Gasteiger partial charge >= 0.3 is 0 Å². The summed E-state index contributed by atoms with van der Waals surface area (Å²) >= 11 is 4.01. The van der Waals surface area contributed by atoms with Crippen LogP contribution >= 0.6 is 12.6 Å². The van der Waals surface area contributed by atoms with Crippen molar-refractivity contribution < 1.29 is 64.2 Å². The molecule has 10 atom stereocenters. The summed E-state index contributed by atoms with van der Waals surface area (Å²) in [6.07, 6.45) is -14.8. The van der Waals surface area contributed by atoms with Crippen LogP contribution in [0, 0.1) is 0 Å². The van der Waals surface area contributed by atoms with E-state index in [1.54, 1.807) is 0 Å². The highest BCUT2D eigenvalue weighted by Crippen LogP contribution is 2.29. The Hall–Kier alpha value is -0.170. The van der Waals surface area contributed by atoms with Crippen molar-refractivity contribution >= 4 is 12.6 Å². The van der Waals surface area contributed by atoms with E-state index < -0.39 is 74.6 Å². The lowest BCUT2D eigenvalue weighted by atomic mass is 9.97. The Bertz CT molecular complexity index is 513. The van der Waals surface area contributed by atoms with Crippen molar-refractivity contribution in [2.45, 2.75) is 61.4 Å². The zero-order chi connectivity index (χ0) is 23.7. The fourth-order valence-electron chi connectivity index (χ4n) is 3.30. The maximum Gasteiger partial charge on any atom is 0.187 e. The van der Waals surface area contributed by atoms with Crippen LogP contribution in [0.1, 0.15) is 0 Å². The summed E-state index contributed by atoms with van der Waals surface area (Å²) in [7, 11) is 0. The Morgan fingerprint density at radius 1 is 0.625 bits per heavy atom. The monoisotopic (exact) mass is 490 g/mol. The second-order valence-corrected chi connectivity index (χ2v) is 7.77. The molecule has 0 bridgehead atoms. The van der Waals surface area contributed by atoms with Crippen LogP contribution in [0.4, 0.5) is 0 Å². The molecule has 2 heterocycles. The molecule has 0 aromatic rings. The Morgan fingerprint density at radius 2 is 1.19 bits per heavy atom. The molecule has 2 fully saturated rings. The van der Waals surface area contributed by atoms with Crippen molar-refractivity contribution in [3.8, 4) is 0 Å². The van der Waals surface area contributed by atoms with Gasteiger partial charge in [-0.25, -0.2) is 0 Å². The number of rotatable bonds is 13. The minimum absolute atomic E-state index is 0.0252. The van der Waals surface area contributed by atoms with E-state index in [9.17, 15) is 35.7 Å². The van der Waals surface area contributed by atoms with E-state index in [1.807, 2.05) is 0 Å². The fourth-order valence-corrected chi connectivity index (χ4v) is 3.43. The minimum Gasteiger partial charge on any atom is -0.394 e. The van der Waals surface area contributed by atoms with Gasteiger partial charge in [0.2, 0.25) is 0 Å². The molecule has 0 unspecified atom stereocenters. The summed E-state index contributed by atoms with van der Waals surface area (Å²) in [5, 5.41) is 69.6. The normalized spacial score (nSPS) is 40.5. The molecule has 14 heteroatoms. The molecule has 0 saturated carbocycles. The van der Waals surface area contributed by atoms with Gasteiger partial charge in [0.15, 0.2) is 12.6 Å². The molecule has 0 amide bonds. The summed E-state index contributed by atoms with van der Waals surface area (Å²) in [4.78, 5) is 0. The maximum absolute atomic E-state index is 10.5. The van der Waals surface area contributed by atoms with Crippen LogP contribution in [0.3, 0.4) is 0 Å². The zero-order valence-electron chi connectivity index (χ0n) is 17.5. The molecule has 0 aliphatic carbocycles. The lowest BCUT2D eigenvalue weighted by Gasteiger charge is -2.45. The van der Waals surface area contributed by atoms with Gasteiger partial charge in [-0.3, -0.25) is 0 Å². The molecule has 2 saturated heterocycles. The SMILES string of the molecule is OC[C@H]1O[C@H](O[C@H]2[C@H](O)[C@@H](O)[C@H](OCCOCCOCCS)O[C@@H]2CO)[C@H](O)[C@@H](O)[C@@H]1O. The van der Waals surface area contributed by atoms with Crippen molar-refractivity contribution in [1.29, 1.82) is 0 Å². The van der Waals surface area contributed by atoms with Crippen LogP contribution in [-0.2, 0) is 28.4 Å². The first kappa shape index (κ1) is 28.1. The molecule has 2 aliphatic heterocycles. The summed E-state index contributed by atoms with van der Waals surface area (Å²) in [6.45, 7) is 0.134. The van der Waals surface area contributed by atoms with E-state index in [1.165, 1.54) is 0 Å². The Balaban J connectivity index is 1.86. The third kappa shape index (κ3) is 7.41. The molecule has 7 N–H and O–H groups in total. The first-order chi connectivity index (χ1) is 15.3. The van der Waals surface area contributed by atoms with Crippen LogP contribution < -0.4 is 0 Å². The van der Waals surface area contributed by atoms with Gasteiger partial charge in [0.1, 0.15) is 48.8 Å². The quantitative estimate of drug-likeness (QED) is 0.0910. The van der Waals surface area contributed by atoms with Gasteiger partial charge in [0.25, 0.3) is 0 Å². The Kier molecular flexibility index (Phi) is 12.5. The molecule has 13 nitrogen and oxygen atoms in total. The average molecular weight is 491 g/mol. The van der Waals surface area contributed by atoms with Gasteiger partial charge in [-0.1, -0.05) is 0 Å². The second kappa shape index (κ2) is 14.3. The van der Waals surface area contributed by atoms with E-state index in [2.05, 4.69) is 12.6 Å². The molecule has 32 heavy (non-hydrogen) atoms. The summed E-state index contributed by atoms with van der Waals surface area (Å²) in [5.74, 6) is 0.607. The molecule has 0 aromatic carbocycles. The highest BCUT2D eigenvalue weighted by Gasteiger charge is 2.50. The van der Waals surface area contributed by atoms with Gasteiger partial charge in [-0.15, -0.1) is 0 Å². The van der Waals surface area contributed by atoms with Crippen molar-refractivity contribution in [3.05, 3.63) is 0 Å². The van der Waals surface area contributed by atoms with Gasteiger partial charge < -0.3 is 64.2 Å². The molecule has 0 aromatic heterocycles. The fraction of sp³-hybridized carbons (Fsp3) is 1.00. The van der Waals surface area contributed by atoms with E-state index in [0.717, 1.165) is 0 Å². The van der Waals surface area contributed by atoms with Crippen molar-refractivity contribution in [1.82, 2.24) is 0 Å². The lowest BCUT2D eigenvalue weighted by Crippen LogP contribution is -2.64. The van der Waals surface area contributed by atoms with Gasteiger partial charge in [0.05, 0.1) is 46.2 Å². The Morgan fingerprint density at radius 3 is 1.81 bits per heavy atom. The molecule has 0 spiro atoms. The van der Waals surface area contributed by atoms with Crippen LogP contribution in [0.2, 0.25) is 0 Å². The largest absolute Gasteiger partial charge is 0.394 e. The number of thiol groups is 1. The third-order valence-electron chi connectivity index (χ3n) is 5.08. The second-order valence-electron chi connectivity index (χ2n) is 7.32. The predicted octanol–water partition coefficient (Wildman–Crippen LogP) is -4.41. The van der Waals surface area contributed by atoms with E-state index in [-0.39, 0.29) is 13.2 Å². The van der Waals surface area contributed by atoms with Crippen LogP contribution in [0.25, 0.3) is 0 Å². The number of aliphatic hydroxyl groups is 7. The zero-order valence-corrected chi connectivity index (χ0v) is 18.4. The van der Waals surface area contributed by atoms with Crippen molar-refractivity contribution in [2.24, 2.45) is 0 Å². The minimum atomic E-state index is -1.72. The van der Waals surface area contributed by atoms with Crippen molar-refractivity contribution in [3.63, 3.8) is 0 Å². The smallest absolute Gasteiger partial charge is 0.187 e. The summed E-state index contributed by atoms with van der Waals surface area (Å²) in [5.41, 5.74) is 0. The number of hydrogen-bond donors (Lipinski definition) is 8. The predicted molar refractivity (Wildman–Crippen MR) is 108 cm³/mol.